The van der Waals surface area contributed by atoms with Crippen LogP contribution < -0.4 is 5.73 Å². The molecule has 7 heteroatoms. The van der Waals surface area contributed by atoms with Gasteiger partial charge in [-0.2, -0.15) is 0 Å². The molecule has 0 saturated carbocycles. The molecule has 0 aliphatic carbocycles. The lowest BCUT2D eigenvalue weighted by atomic mass is 9.87. The highest BCUT2D eigenvalue weighted by molar-refractivity contribution is 9.10. The van der Waals surface area contributed by atoms with Crippen molar-refractivity contribution in [1.29, 1.82) is 0 Å². The molecule has 2 atom stereocenters. The lowest BCUT2D eigenvalue weighted by molar-refractivity contribution is -0.138. The van der Waals surface area contributed by atoms with Gasteiger partial charge in [0.15, 0.2) is 5.82 Å². The van der Waals surface area contributed by atoms with E-state index in [1.807, 2.05) is 10.6 Å². The molecule has 2 N–H and O–H groups in total. The number of aromatic nitrogens is 3. The smallest absolute Gasteiger partial charge is 0.222 e. The van der Waals surface area contributed by atoms with Gasteiger partial charge in [-0.25, -0.2) is 9.97 Å². The van der Waals surface area contributed by atoms with Gasteiger partial charge in [-0.05, 0) is 41.6 Å². The van der Waals surface area contributed by atoms with E-state index in [9.17, 15) is 4.79 Å². The third-order valence-corrected chi connectivity index (χ3v) is 5.44. The summed E-state index contributed by atoms with van der Waals surface area (Å²) >= 11 is 3.48. The first-order valence-corrected chi connectivity index (χ1v) is 8.52. The van der Waals surface area contributed by atoms with Crippen LogP contribution in [-0.2, 0) is 4.79 Å². The predicted octanol–water partition coefficient (Wildman–Crippen LogP) is 2.33. The number of nitrogen functional groups attached to an aromatic ring is 1. The zero-order valence-electron chi connectivity index (χ0n) is 12.2. The third kappa shape index (κ3) is 2.10. The Hall–Kier alpha value is -1.63. The van der Waals surface area contributed by atoms with Gasteiger partial charge in [0.25, 0.3) is 0 Å². The van der Waals surface area contributed by atoms with Crippen LogP contribution in [0.15, 0.2) is 17.0 Å². The highest BCUT2D eigenvalue weighted by Gasteiger charge is 2.36. The molecule has 4 heterocycles. The lowest BCUT2D eigenvalue weighted by Gasteiger charge is -2.42. The molecule has 2 fully saturated rings. The average molecular weight is 364 g/mol. The predicted molar refractivity (Wildman–Crippen MR) is 86.4 cm³/mol. The lowest BCUT2D eigenvalue weighted by Crippen LogP contribution is -2.48. The van der Waals surface area contributed by atoms with Crippen LogP contribution in [0.5, 0.6) is 0 Å². The van der Waals surface area contributed by atoms with Crippen molar-refractivity contribution in [2.45, 2.75) is 44.1 Å². The Labute approximate surface area is 136 Å². The van der Waals surface area contributed by atoms with Crippen molar-refractivity contribution in [3.63, 3.8) is 0 Å². The van der Waals surface area contributed by atoms with E-state index >= 15 is 0 Å². The van der Waals surface area contributed by atoms with E-state index in [-0.39, 0.29) is 5.92 Å². The monoisotopic (exact) mass is 363 g/mol. The molecule has 116 valence electrons. The van der Waals surface area contributed by atoms with Gasteiger partial charge < -0.3 is 10.6 Å². The molecule has 2 aromatic heterocycles. The number of piperidine rings is 2. The molecule has 0 radical (unpaired) electrons. The molecule has 2 aromatic rings. The van der Waals surface area contributed by atoms with Crippen LogP contribution in [0.2, 0.25) is 0 Å². The molecule has 1 amide bonds. The van der Waals surface area contributed by atoms with E-state index in [2.05, 4.69) is 30.8 Å². The summed E-state index contributed by atoms with van der Waals surface area (Å²) in [6, 6.07) is 0.430. The number of imidazole rings is 1. The fraction of sp³-hybridized carbons (Fsp3) is 0.533. The summed E-state index contributed by atoms with van der Waals surface area (Å²) in [5, 5.41) is 0. The molecule has 0 aromatic carbocycles. The number of hydrogen-bond donors (Lipinski definition) is 1. The highest BCUT2D eigenvalue weighted by atomic mass is 79.9. The fourth-order valence-electron chi connectivity index (χ4n) is 3.81. The highest BCUT2D eigenvalue weighted by Crippen LogP contribution is 2.36. The van der Waals surface area contributed by atoms with Crippen LogP contribution in [0.3, 0.4) is 0 Å². The molecule has 0 spiro atoms. The molecular weight excluding hydrogens is 346 g/mol. The number of amides is 1. The Balaban J connectivity index is 1.71. The SMILES string of the molecule is Nc1nccn2c([C@H]3CC[C@@H]4CCCC(=O)N4C3)nc(Br)c12. The van der Waals surface area contributed by atoms with Crippen molar-refractivity contribution in [3.05, 3.63) is 22.8 Å². The Bertz CT molecular complexity index is 743. The Morgan fingerprint density at radius 1 is 1.32 bits per heavy atom. The summed E-state index contributed by atoms with van der Waals surface area (Å²) in [6.07, 6.45) is 8.56. The number of nitrogens with two attached hydrogens (primary N) is 1. The van der Waals surface area contributed by atoms with Crippen molar-refractivity contribution in [3.8, 4) is 0 Å². The summed E-state index contributed by atoms with van der Waals surface area (Å²) in [5.41, 5.74) is 6.77. The summed E-state index contributed by atoms with van der Waals surface area (Å²) in [4.78, 5) is 23.0. The van der Waals surface area contributed by atoms with E-state index in [4.69, 9.17) is 5.73 Å². The van der Waals surface area contributed by atoms with Crippen LogP contribution in [0, 0.1) is 0 Å². The van der Waals surface area contributed by atoms with Gasteiger partial charge in [-0.1, -0.05) is 0 Å². The number of rotatable bonds is 1. The minimum Gasteiger partial charge on any atom is -0.382 e. The first kappa shape index (κ1) is 14.0. The maximum atomic E-state index is 12.2. The van der Waals surface area contributed by atoms with Gasteiger partial charge in [0.1, 0.15) is 15.9 Å². The molecular formula is C15H18BrN5O. The van der Waals surface area contributed by atoms with Crippen molar-refractivity contribution >= 4 is 33.2 Å². The topological polar surface area (TPSA) is 76.5 Å². The largest absolute Gasteiger partial charge is 0.382 e. The van der Waals surface area contributed by atoms with E-state index in [1.165, 1.54) is 0 Å². The second kappa shape index (κ2) is 5.22. The van der Waals surface area contributed by atoms with Crippen LogP contribution in [0.25, 0.3) is 5.52 Å². The first-order chi connectivity index (χ1) is 10.6. The minimum atomic E-state index is 0.249. The van der Waals surface area contributed by atoms with E-state index in [0.717, 1.165) is 48.2 Å². The summed E-state index contributed by atoms with van der Waals surface area (Å²) in [7, 11) is 0. The molecule has 0 bridgehead atoms. The summed E-state index contributed by atoms with van der Waals surface area (Å²) in [6.45, 7) is 0.761. The standard InChI is InChI=1S/C15H18BrN5O/c16-13-12-14(17)18-6-7-20(12)15(19-13)9-4-5-10-2-1-3-11(22)21(10)8-9/h6-7,9-10H,1-5,8H2,(H2,17,18)/t9-,10-/m0/s1. The Kier molecular flexibility index (Phi) is 3.32. The molecule has 6 nitrogen and oxygen atoms in total. The van der Waals surface area contributed by atoms with E-state index in [1.54, 1.807) is 6.20 Å². The third-order valence-electron chi connectivity index (χ3n) is 4.89. The van der Waals surface area contributed by atoms with Gasteiger partial charge in [0, 0.05) is 37.3 Å². The molecule has 2 aliphatic rings. The van der Waals surface area contributed by atoms with Crippen LogP contribution in [0.4, 0.5) is 5.82 Å². The van der Waals surface area contributed by atoms with Crippen LogP contribution in [0.1, 0.15) is 43.8 Å². The van der Waals surface area contributed by atoms with Crippen molar-refractivity contribution < 1.29 is 4.79 Å². The van der Waals surface area contributed by atoms with Gasteiger partial charge in [-0.3, -0.25) is 9.20 Å². The molecule has 22 heavy (non-hydrogen) atoms. The summed E-state index contributed by atoms with van der Waals surface area (Å²) in [5.74, 6) is 1.98. The molecule has 2 saturated heterocycles. The number of nitrogens with zero attached hydrogens (tertiary/aromatic N) is 4. The second-order valence-corrected chi connectivity index (χ2v) is 6.91. The second-order valence-electron chi connectivity index (χ2n) is 6.16. The Morgan fingerprint density at radius 3 is 3.05 bits per heavy atom. The normalized spacial score (nSPS) is 25.5. The van der Waals surface area contributed by atoms with Gasteiger partial charge in [0.05, 0.1) is 0 Å². The van der Waals surface area contributed by atoms with Crippen molar-refractivity contribution in [2.75, 3.05) is 12.3 Å². The van der Waals surface area contributed by atoms with E-state index in [0.29, 0.717) is 24.2 Å². The number of fused-ring (bicyclic) bond motifs is 2. The quantitative estimate of drug-likeness (QED) is 0.843. The average Bonchev–Trinajstić information content (AvgIpc) is 2.86. The van der Waals surface area contributed by atoms with Gasteiger partial charge in [-0.15, -0.1) is 0 Å². The van der Waals surface area contributed by atoms with E-state index < -0.39 is 0 Å². The fourth-order valence-corrected chi connectivity index (χ4v) is 4.38. The zero-order chi connectivity index (χ0) is 15.3. The van der Waals surface area contributed by atoms with Crippen molar-refractivity contribution in [1.82, 2.24) is 19.3 Å². The van der Waals surface area contributed by atoms with Crippen LogP contribution >= 0.6 is 15.9 Å². The maximum absolute atomic E-state index is 12.2. The van der Waals surface area contributed by atoms with Crippen LogP contribution in [-0.4, -0.2) is 37.8 Å². The zero-order valence-corrected chi connectivity index (χ0v) is 13.8. The van der Waals surface area contributed by atoms with Gasteiger partial charge in [0.2, 0.25) is 5.91 Å². The Morgan fingerprint density at radius 2 is 2.18 bits per heavy atom. The number of carbonyl (C=O) groups is 1. The minimum absolute atomic E-state index is 0.249. The number of hydrogen-bond acceptors (Lipinski definition) is 4. The maximum Gasteiger partial charge on any atom is 0.222 e. The molecule has 4 rings (SSSR count). The van der Waals surface area contributed by atoms with Gasteiger partial charge >= 0.3 is 0 Å². The number of anilines is 1. The first-order valence-electron chi connectivity index (χ1n) is 7.72. The number of carbonyl (C=O) groups excluding carboxylic acids is 1. The molecule has 2 aliphatic heterocycles. The summed E-state index contributed by atoms with van der Waals surface area (Å²) < 4.78 is 2.73. The number of halogens is 1. The van der Waals surface area contributed by atoms with Crippen molar-refractivity contribution in [2.24, 2.45) is 0 Å². The molecule has 0 unspecified atom stereocenters.